The standard InChI is InChI=1S/C44H42N2O8/c45-30-37(33-25-21-31(22-26-33)15-9-5-3-1-2-4-6-14-20-38(46)47)29-32-23-27-34(28-24-32)39(48)40(53-43(51)35-16-10-7-11-17-35)41(42(49)50)54-44(52)36-18-12-8-13-19-36/h7-13,15-19,21-29,40-41H,1-6,14,20H2,(H2,46,47)(H,49,50)/b15-9-,37-29-. The summed E-state index contributed by atoms with van der Waals surface area (Å²) in [5.41, 5.74) is 7.95. The summed E-state index contributed by atoms with van der Waals surface area (Å²) >= 11 is 0. The van der Waals surface area contributed by atoms with Crippen LogP contribution in [-0.2, 0) is 19.1 Å². The van der Waals surface area contributed by atoms with Gasteiger partial charge in [0.2, 0.25) is 23.9 Å². The van der Waals surface area contributed by atoms with Gasteiger partial charge in [-0.05, 0) is 66.3 Å². The molecule has 1 amide bonds. The fraction of sp³-hybridized carbons (Fsp3) is 0.227. The molecular weight excluding hydrogens is 684 g/mol. The van der Waals surface area contributed by atoms with Crippen molar-refractivity contribution in [2.45, 2.75) is 63.6 Å². The molecule has 0 saturated carbocycles. The van der Waals surface area contributed by atoms with E-state index in [4.69, 9.17) is 15.2 Å². The van der Waals surface area contributed by atoms with Crippen LogP contribution in [0.5, 0.6) is 0 Å². The van der Waals surface area contributed by atoms with E-state index in [1.165, 1.54) is 36.4 Å². The largest absolute Gasteiger partial charge is 0.478 e. The zero-order valence-electron chi connectivity index (χ0n) is 29.8. The van der Waals surface area contributed by atoms with E-state index in [0.717, 1.165) is 50.5 Å². The summed E-state index contributed by atoms with van der Waals surface area (Å²) in [6.07, 6.45) is 9.38. The number of Topliss-reactive ketones (excluding diaryl/α,β-unsaturated/α-hetero) is 1. The number of unbranched alkanes of at least 4 members (excludes halogenated alkanes) is 6. The van der Waals surface area contributed by atoms with Crippen molar-refractivity contribution in [1.29, 1.82) is 5.26 Å². The third kappa shape index (κ3) is 12.6. The van der Waals surface area contributed by atoms with E-state index in [-0.39, 0.29) is 22.6 Å². The number of benzene rings is 4. The van der Waals surface area contributed by atoms with E-state index in [2.05, 4.69) is 12.1 Å². The van der Waals surface area contributed by atoms with Gasteiger partial charge in [-0.25, -0.2) is 14.4 Å². The number of ketones is 1. The quantitative estimate of drug-likeness (QED) is 0.0300. The second-order valence-electron chi connectivity index (χ2n) is 12.5. The zero-order valence-corrected chi connectivity index (χ0v) is 29.8. The molecule has 54 heavy (non-hydrogen) atoms. The molecule has 0 bridgehead atoms. The third-order valence-electron chi connectivity index (χ3n) is 8.47. The number of primary amides is 1. The second-order valence-corrected chi connectivity index (χ2v) is 12.5. The SMILES string of the molecule is N#C/C(=C/c1ccc(C(=O)C(OC(=O)c2ccccc2)C(OC(=O)c2ccccc2)C(=O)O)cc1)c1ccc(/C=C\CCCCCCCCC(N)=O)cc1. The summed E-state index contributed by atoms with van der Waals surface area (Å²) < 4.78 is 10.7. The van der Waals surface area contributed by atoms with E-state index in [0.29, 0.717) is 23.1 Å². The van der Waals surface area contributed by atoms with Crippen LogP contribution in [0, 0.1) is 11.3 Å². The maximum absolute atomic E-state index is 13.8. The molecule has 4 aromatic carbocycles. The van der Waals surface area contributed by atoms with Crippen LogP contribution >= 0.6 is 0 Å². The van der Waals surface area contributed by atoms with E-state index in [1.54, 1.807) is 54.6 Å². The monoisotopic (exact) mass is 726 g/mol. The lowest BCUT2D eigenvalue weighted by Gasteiger charge is -2.23. The molecule has 4 aromatic rings. The number of nitrogens with two attached hydrogens (primary N) is 1. The van der Waals surface area contributed by atoms with Gasteiger partial charge in [-0.1, -0.05) is 123 Å². The Morgan fingerprint density at radius 2 is 1.13 bits per heavy atom. The first kappa shape index (κ1) is 40.2. The van der Waals surface area contributed by atoms with Crippen molar-refractivity contribution in [2.75, 3.05) is 0 Å². The van der Waals surface area contributed by atoms with Crippen molar-refractivity contribution >= 4 is 47.3 Å². The summed E-state index contributed by atoms with van der Waals surface area (Å²) in [7, 11) is 0. The van der Waals surface area contributed by atoms with Gasteiger partial charge in [0, 0.05) is 12.0 Å². The Balaban J connectivity index is 1.43. The topological polar surface area (TPSA) is 174 Å². The molecule has 10 nitrogen and oxygen atoms in total. The summed E-state index contributed by atoms with van der Waals surface area (Å²) in [4.78, 5) is 62.8. The molecule has 0 saturated heterocycles. The first-order valence-corrected chi connectivity index (χ1v) is 17.7. The minimum absolute atomic E-state index is 0.00475. The summed E-state index contributed by atoms with van der Waals surface area (Å²) in [6.45, 7) is 0. The highest BCUT2D eigenvalue weighted by Gasteiger charge is 2.41. The molecule has 4 rings (SSSR count). The van der Waals surface area contributed by atoms with Crippen LogP contribution in [0.1, 0.15) is 99.1 Å². The number of carboxylic acid groups (broad SMARTS) is 1. The Kier molecular flexibility index (Phi) is 15.7. The number of hydrogen-bond donors (Lipinski definition) is 2. The fourth-order valence-electron chi connectivity index (χ4n) is 5.53. The molecule has 0 aromatic heterocycles. The number of rotatable bonds is 20. The molecule has 0 fully saturated rings. The van der Waals surface area contributed by atoms with Crippen molar-refractivity contribution < 1.29 is 38.6 Å². The Morgan fingerprint density at radius 3 is 1.67 bits per heavy atom. The molecule has 0 aliphatic heterocycles. The van der Waals surface area contributed by atoms with E-state index >= 15 is 0 Å². The first-order chi connectivity index (χ1) is 26.2. The molecule has 2 unspecified atom stereocenters. The average molecular weight is 727 g/mol. The molecular formula is C44H42N2O8. The highest BCUT2D eigenvalue weighted by molar-refractivity contribution is 6.05. The lowest BCUT2D eigenvalue weighted by atomic mass is 9.98. The molecule has 2 atom stereocenters. The van der Waals surface area contributed by atoms with Crippen LogP contribution in [0.25, 0.3) is 17.7 Å². The fourth-order valence-corrected chi connectivity index (χ4v) is 5.53. The highest BCUT2D eigenvalue weighted by Crippen LogP contribution is 2.22. The van der Waals surface area contributed by atoms with Gasteiger partial charge in [0.25, 0.3) is 0 Å². The zero-order chi connectivity index (χ0) is 38.7. The summed E-state index contributed by atoms with van der Waals surface area (Å²) in [5, 5.41) is 20.0. The molecule has 276 valence electrons. The van der Waals surface area contributed by atoms with Gasteiger partial charge in [-0.15, -0.1) is 0 Å². The Morgan fingerprint density at radius 1 is 0.630 bits per heavy atom. The molecule has 0 heterocycles. The van der Waals surface area contributed by atoms with Crippen LogP contribution in [0.15, 0.2) is 115 Å². The first-order valence-electron chi connectivity index (χ1n) is 17.7. The Hall–Kier alpha value is -6.60. The Bertz CT molecular complexity index is 1980. The summed E-state index contributed by atoms with van der Waals surface area (Å²) in [6, 6.07) is 31.1. The number of esters is 2. The molecule has 10 heteroatoms. The number of ether oxygens (including phenoxy) is 2. The highest BCUT2D eigenvalue weighted by atomic mass is 16.6. The van der Waals surface area contributed by atoms with Gasteiger partial charge >= 0.3 is 17.9 Å². The number of hydrogen-bond acceptors (Lipinski definition) is 8. The molecule has 0 aliphatic carbocycles. The maximum Gasteiger partial charge on any atom is 0.349 e. The normalized spacial score (nSPS) is 12.3. The van der Waals surface area contributed by atoms with Crippen LogP contribution < -0.4 is 5.73 Å². The smallest absolute Gasteiger partial charge is 0.349 e. The van der Waals surface area contributed by atoms with Crippen LogP contribution in [0.3, 0.4) is 0 Å². The van der Waals surface area contributed by atoms with Crippen molar-refractivity contribution in [1.82, 2.24) is 0 Å². The lowest BCUT2D eigenvalue weighted by Crippen LogP contribution is -2.46. The van der Waals surface area contributed by atoms with Gasteiger partial charge in [-0.3, -0.25) is 9.59 Å². The minimum Gasteiger partial charge on any atom is -0.478 e. The van der Waals surface area contributed by atoms with Crippen molar-refractivity contribution in [2.24, 2.45) is 5.73 Å². The second kappa shape index (κ2) is 21.1. The van der Waals surface area contributed by atoms with E-state index in [1.807, 2.05) is 30.3 Å². The van der Waals surface area contributed by atoms with Gasteiger partial charge in [0.05, 0.1) is 22.8 Å². The number of aliphatic carboxylic acids is 1. The predicted molar refractivity (Wildman–Crippen MR) is 205 cm³/mol. The third-order valence-corrected chi connectivity index (χ3v) is 8.47. The lowest BCUT2D eigenvalue weighted by molar-refractivity contribution is -0.152. The number of nitrogens with zero attached hydrogens (tertiary/aromatic N) is 1. The van der Waals surface area contributed by atoms with Gasteiger partial charge in [-0.2, -0.15) is 5.26 Å². The van der Waals surface area contributed by atoms with E-state index in [9.17, 15) is 34.3 Å². The number of carboxylic acids is 1. The molecule has 3 N–H and O–H groups in total. The predicted octanol–water partition coefficient (Wildman–Crippen LogP) is 8.09. The van der Waals surface area contributed by atoms with Gasteiger partial charge in [0.1, 0.15) is 0 Å². The Labute approximate surface area is 314 Å². The van der Waals surface area contributed by atoms with Gasteiger partial charge in [0.15, 0.2) is 0 Å². The number of allylic oxidation sites excluding steroid dienone is 2. The van der Waals surface area contributed by atoms with Crippen LogP contribution in [0.4, 0.5) is 0 Å². The van der Waals surface area contributed by atoms with Crippen LogP contribution in [0.2, 0.25) is 0 Å². The molecule has 0 radical (unpaired) electrons. The minimum atomic E-state index is -2.16. The number of amides is 1. The summed E-state index contributed by atoms with van der Waals surface area (Å²) in [5.74, 6) is -4.81. The maximum atomic E-state index is 13.8. The van der Waals surface area contributed by atoms with Gasteiger partial charge < -0.3 is 20.3 Å². The number of carbonyl (C=O) groups is 5. The van der Waals surface area contributed by atoms with Crippen molar-refractivity contribution in [3.05, 3.63) is 149 Å². The number of nitriles is 1. The molecule has 0 spiro atoms. The number of carbonyl (C=O) groups excluding carboxylic acids is 4. The van der Waals surface area contributed by atoms with Crippen molar-refractivity contribution in [3.8, 4) is 6.07 Å². The average Bonchev–Trinajstić information content (AvgIpc) is 3.19. The van der Waals surface area contributed by atoms with Crippen molar-refractivity contribution in [3.63, 3.8) is 0 Å². The molecule has 0 aliphatic rings. The van der Waals surface area contributed by atoms with Crippen LogP contribution in [-0.4, -0.2) is 46.9 Å². The van der Waals surface area contributed by atoms with E-state index < -0.39 is 35.9 Å².